The van der Waals surface area contributed by atoms with Gasteiger partial charge in [-0.1, -0.05) is 18.1 Å². The summed E-state index contributed by atoms with van der Waals surface area (Å²) in [5.41, 5.74) is 1.22. The van der Waals surface area contributed by atoms with E-state index in [9.17, 15) is 4.79 Å². The molecule has 0 saturated heterocycles. The van der Waals surface area contributed by atoms with Crippen LogP contribution in [-0.2, 0) is 0 Å². The van der Waals surface area contributed by atoms with Crippen molar-refractivity contribution < 1.29 is 4.79 Å². The molecule has 0 saturated carbocycles. The normalized spacial score (nSPS) is 9.00. The molecular weight excluding hydrogens is 162 g/mol. The van der Waals surface area contributed by atoms with Gasteiger partial charge in [-0.2, -0.15) is 0 Å². The van der Waals surface area contributed by atoms with E-state index in [2.05, 4.69) is 5.92 Å². The number of rotatable bonds is 1. The van der Waals surface area contributed by atoms with E-state index >= 15 is 0 Å². The van der Waals surface area contributed by atoms with Gasteiger partial charge in [0.05, 0.1) is 5.56 Å². The van der Waals surface area contributed by atoms with Gasteiger partial charge >= 0.3 is 0 Å². The summed E-state index contributed by atoms with van der Waals surface area (Å²) in [7, 11) is 3.41. The number of nitrogens with zero attached hydrogens (tertiary/aromatic N) is 1. The SMILES string of the molecule is C#Cc1ccccc1C(=O)N(C)C. The molecule has 2 heteroatoms. The third-order valence-corrected chi connectivity index (χ3v) is 1.72. The highest BCUT2D eigenvalue weighted by molar-refractivity contribution is 5.96. The van der Waals surface area contributed by atoms with Crippen molar-refractivity contribution in [2.75, 3.05) is 14.1 Å². The van der Waals surface area contributed by atoms with Gasteiger partial charge in [0.25, 0.3) is 5.91 Å². The Morgan fingerprint density at radius 3 is 2.54 bits per heavy atom. The molecule has 1 rings (SSSR count). The van der Waals surface area contributed by atoms with E-state index in [1.165, 1.54) is 4.90 Å². The van der Waals surface area contributed by atoms with Crippen molar-refractivity contribution in [2.45, 2.75) is 0 Å². The Morgan fingerprint density at radius 2 is 2.00 bits per heavy atom. The Morgan fingerprint density at radius 1 is 1.38 bits per heavy atom. The molecule has 0 spiro atoms. The number of hydrogen-bond acceptors (Lipinski definition) is 1. The predicted octanol–water partition coefficient (Wildman–Crippen LogP) is 1.37. The molecule has 0 aliphatic rings. The van der Waals surface area contributed by atoms with Crippen LogP contribution in [0.3, 0.4) is 0 Å². The first-order valence-electron chi connectivity index (χ1n) is 3.94. The van der Waals surface area contributed by atoms with Crippen LogP contribution < -0.4 is 0 Å². The van der Waals surface area contributed by atoms with Gasteiger partial charge in [-0.25, -0.2) is 0 Å². The third-order valence-electron chi connectivity index (χ3n) is 1.72. The van der Waals surface area contributed by atoms with E-state index in [4.69, 9.17) is 6.42 Å². The molecule has 0 N–H and O–H groups in total. The van der Waals surface area contributed by atoms with E-state index in [1.807, 2.05) is 6.07 Å². The van der Waals surface area contributed by atoms with Gasteiger partial charge in [0, 0.05) is 19.7 Å². The molecule has 0 heterocycles. The van der Waals surface area contributed by atoms with Crippen LogP contribution in [0, 0.1) is 12.3 Å². The zero-order valence-electron chi connectivity index (χ0n) is 7.74. The average molecular weight is 173 g/mol. The minimum atomic E-state index is -0.0615. The number of carbonyl (C=O) groups is 1. The lowest BCUT2D eigenvalue weighted by atomic mass is 10.1. The highest BCUT2D eigenvalue weighted by Gasteiger charge is 2.10. The molecule has 0 fully saturated rings. The number of hydrogen-bond donors (Lipinski definition) is 0. The number of amides is 1. The third kappa shape index (κ3) is 1.88. The lowest BCUT2D eigenvalue weighted by molar-refractivity contribution is 0.0827. The van der Waals surface area contributed by atoms with Gasteiger partial charge in [-0.05, 0) is 12.1 Å². The summed E-state index contributed by atoms with van der Waals surface area (Å²) in [4.78, 5) is 13.1. The van der Waals surface area contributed by atoms with Crippen molar-refractivity contribution in [3.05, 3.63) is 35.4 Å². The molecular formula is C11H11NO. The van der Waals surface area contributed by atoms with Gasteiger partial charge in [0.15, 0.2) is 0 Å². The maximum Gasteiger partial charge on any atom is 0.254 e. The second kappa shape index (κ2) is 3.77. The van der Waals surface area contributed by atoms with Crippen molar-refractivity contribution >= 4 is 5.91 Å². The summed E-state index contributed by atoms with van der Waals surface area (Å²) in [6.45, 7) is 0. The predicted molar refractivity (Wildman–Crippen MR) is 52.4 cm³/mol. The second-order valence-corrected chi connectivity index (χ2v) is 2.89. The second-order valence-electron chi connectivity index (χ2n) is 2.89. The summed E-state index contributed by atoms with van der Waals surface area (Å²) in [5, 5.41) is 0. The van der Waals surface area contributed by atoms with Gasteiger partial charge in [-0.15, -0.1) is 6.42 Å². The highest BCUT2D eigenvalue weighted by atomic mass is 16.2. The molecule has 2 nitrogen and oxygen atoms in total. The van der Waals surface area contributed by atoms with Crippen molar-refractivity contribution in [3.63, 3.8) is 0 Å². The molecule has 0 aliphatic carbocycles. The molecule has 0 radical (unpaired) electrons. The smallest absolute Gasteiger partial charge is 0.254 e. The fourth-order valence-electron chi connectivity index (χ4n) is 1.04. The van der Waals surface area contributed by atoms with Crippen molar-refractivity contribution in [3.8, 4) is 12.3 Å². The van der Waals surface area contributed by atoms with Crippen LogP contribution >= 0.6 is 0 Å². The van der Waals surface area contributed by atoms with Gasteiger partial charge in [-0.3, -0.25) is 4.79 Å². The first-order valence-corrected chi connectivity index (χ1v) is 3.94. The molecule has 0 unspecified atom stereocenters. The zero-order chi connectivity index (χ0) is 9.84. The number of carbonyl (C=O) groups excluding carboxylic acids is 1. The van der Waals surface area contributed by atoms with E-state index in [1.54, 1.807) is 32.3 Å². The van der Waals surface area contributed by atoms with Crippen molar-refractivity contribution in [2.24, 2.45) is 0 Å². The quantitative estimate of drug-likeness (QED) is 0.587. The minimum absolute atomic E-state index is 0.0615. The molecule has 0 atom stereocenters. The Balaban J connectivity index is 3.15. The van der Waals surface area contributed by atoms with Crippen LogP contribution in [0.25, 0.3) is 0 Å². The summed E-state index contributed by atoms with van der Waals surface area (Å²) in [5.74, 6) is 2.42. The monoisotopic (exact) mass is 173 g/mol. The van der Waals surface area contributed by atoms with Crippen LogP contribution in [0.15, 0.2) is 24.3 Å². The summed E-state index contributed by atoms with van der Waals surface area (Å²) < 4.78 is 0. The fourth-order valence-corrected chi connectivity index (χ4v) is 1.04. The maximum absolute atomic E-state index is 11.6. The number of terminal acetylenes is 1. The summed E-state index contributed by atoms with van der Waals surface area (Å²) in [6.07, 6.45) is 5.27. The number of benzene rings is 1. The van der Waals surface area contributed by atoms with Crippen LogP contribution in [0.2, 0.25) is 0 Å². The molecule has 0 aromatic heterocycles. The van der Waals surface area contributed by atoms with Crippen LogP contribution in [0.5, 0.6) is 0 Å². The minimum Gasteiger partial charge on any atom is -0.345 e. The van der Waals surface area contributed by atoms with Crippen LogP contribution in [0.1, 0.15) is 15.9 Å². The maximum atomic E-state index is 11.6. The topological polar surface area (TPSA) is 20.3 Å². The molecule has 0 bridgehead atoms. The molecule has 1 amide bonds. The zero-order valence-corrected chi connectivity index (χ0v) is 7.74. The molecule has 1 aromatic carbocycles. The van der Waals surface area contributed by atoms with Crippen LogP contribution in [0.4, 0.5) is 0 Å². The first kappa shape index (κ1) is 9.34. The molecule has 1 aromatic rings. The van der Waals surface area contributed by atoms with Crippen molar-refractivity contribution in [1.29, 1.82) is 0 Å². The van der Waals surface area contributed by atoms with E-state index in [-0.39, 0.29) is 5.91 Å². The van der Waals surface area contributed by atoms with Gasteiger partial charge in [0.2, 0.25) is 0 Å². The Labute approximate surface area is 78.2 Å². The summed E-state index contributed by atoms with van der Waals surface area (Å²) >= 11 is 0. The standard InChI is InChI=1S/C11H11NO/c1-4-9-7-5-6-8-10(9)11(13)12(2)3/h1,5-8H,2-3H3. The Hall–Kier alpha value is -1.75. The van der Waals surface area contributed by atoms with Crippen molar-refractivity contribution in [1.82, 2.24) is 4.90 Å². The Bertz CT molecular complexity index is 361. The fraction of sp³-hybridized carbons (Fsp3) is 0.182. The van der Waals surface area contributed by atoms with Gasteiger partial charge < -0.3 is 4.90 Å². The average Bonchev–Trinajstić information content (AvgIpc) is 2.16. The largest absolute Gasteiger partial charge is 0.345 e. The molecule has 0 aliphatic heterocycles. The highest BCUT2D eigenvalue weighted by Crippen LogP contribution is 2.08. The van der Waals surface area contributed by atoms with E-state index < -0.39 is 0 Å². The lowest BCUT2D eigenvalue weighted by Gasteiger charge is -2.11. The lowest BCUT2D eigenvalue weighted by Crippen LogP contribution is -2.22. The van der Waals surface area contributed by atoms with E-state index in [0.717, 1.165) is 0 Å². The van der Waals surface area contributed by atoms with Crippen LogP contribution in [-0.4, -0.2) is 24.9 Å². The van der Waals surface area contributed by atoms with Gasteiger partial charge in [0.1, 0.15) is 0 Å². The Kier molecular flexibility index (Phi) is 2.71. The molecule has 13 heavy (non-hydrogen) atoms. The summed E-state index contributed by atoms with van der Waals surface area (Å²) in [6, 6.07) is 7.12. The first-order chi connectivity index (χ1) is 6.16. The van der Waals surface area contributed by atoms with E-state index in [0.29, 0.717) is 11.1 Å². The molecule has 66 valence electrons.